The van der Waals surface area contributed by atoms with Gasteiger partial charge in [0.2, 0.25) is 0 Å². The van der Waals surface area contributed by atoms with Gasteiger partial charge in [0.1, 0.15) is 0 Å². The van der Waals surface area contributed by atoms with Crippen LogP contribution in [0, 0.1) is 0 Å². The monoisotopic (exact) mass is 215 g/mol. The molecule has 0 fully saturated rings. The largest absolute Gasteiger partial charge is 0.118 e. The lowest BCUT2D eigenvalue weighted by Gasteiger charge is -2.10. The molecule has 1 heteroatoms. The second-order valence-electron chi connectivity index (χ2n) is 3.34. The number of benzene rings is 2. The predicted molar refractivity (Wildman–Crippen MR) is 67.2 cm³/mol. The molecule has 2 aromatic carbocycles. The van der Waals surface area contributed by atoms with Crippen LogP contribution in [0.4, 0.5) is 0 Å². The second kappa shape index (κ2) is 5.04. The Hall–Kier alpha value is -1.21. The molecule has 2 aromatic rings. The molecule has 0 spiro atoms. The third kappa shape index (κ3) is 2.87. The van der Waals surface area contributed by atoms with Crippen LogP contribution >= 0.6 is 11.8 Å². The summed E-state index contributed by atoms with van der Waals surface area (Å²) < 4.78 is 8.37. The predicted octanol–water partition coefficient (Wildman–Crippen LogP) is 4.54. The Morgan fingerprint density at radius 3 is 2.07 bits per heavy atom. The summed E-state index contributed by atoms with van der Waals surface area (Å²) in [7, 11) is 0. The highest BCUT2D eigenvalue weighted by atomic mass is 32.2. The molecule has 0 aliphatic heterocycles. The Morgan fingerprint density at radius 1 is 0.933 bits per heavy atom. The molecule has 1 unspecified atom stereocenters. The first-order chi connectivity index (χ1) is 7.68. The summed E-state index contributed by atoms with van der Waals surface area (Å²) in [6, 6.07) is 20.0. The van der Waals surface area contributed by atoms with Gasteiger partial charge in [-0.2, -0.15) is 0 Å². The van der Waals surface area contributed by atoms with Gasteiger partial charge < -0.3 is 0 Å². The van der Waals surface area contributed by atoms with E-state index < -0.39 is 5.23 Å². The van der Waals surface area contributed by atoms with Gasteiger partial charge in [-0.25, -0.2) is 0 Å². The third-order valence-corrected chi connectivity index (χ3v) is 3.24. The van der Waals surface area contributed by atoms with Crippen LogP contribution < -0.4 is 0 Å². The van der Waals surface area contributed by atoms with E-state index in [0.29, 0.717) is 0 Å². The van der Waals surface area contributed by atoms with Gasteiger partial charge in [0.05, 0.1) is 0 Å². The van der Waals surface area contributed by atoms with E-state index in [0.717, 1.165) is 10.5 Å². The molecule has 0 heterocycles. The minimum Gasteiger partial charge on any atom is -0.118 e. The van der Waals surface area contributed by atoms with E-state index in [-0.39, 0.29) is 0 Å². The van der Waals surface area contributed by atoms with E-state index >= 15 is 0 Å². The van der Waals surface area contributed by atoms with Crippen LogP contribution in [-0.4, -0.2) is 0 Å². The molecule has 0 saturated carbocycles. The van der Waals surface area contributed by atoms with Crippen molar-refractivity contribution < 1.29 is 1.37 Å². The Balaban J connectivity index is 2.21. The highest BCUT2D eigenvalue weighted by Gasteiger charge is 2.05. The van der Waals surface area contributed by atoms with Gasteiger partial charge in [-0.3, -0.25) is 0 Å². The molecule has 0 saturated heterocycles. The van der Waals surface area contributed by atoms with Crippen molar-refractivity contribution in [3.8, 4) is 0 Å². The standard InChI is InChI=1S/C14H14S/c1-12(13-8-4-2-5-9-13)15-14-10-6-3-7-11-14/h2-12H,1H3/i12D. The first kappa shape index (κ1) is 9.05. The van der Waals surface area contributed by atoms with E-state index in [4.69, 9.17) is 1.37 Å². The zero-order chi connectivity index (χ0) is 11.4. The fourth-order valence-corrected chi connectivity index (χ4v) is 2.30. The Bertz CT molecular complexity index is 437. The van der Waals surface area contributed by atoms with Gasteiger partial charge in [0.15, 0.2) is 0 Å². The zero-order valence-corrected chi connectivity index (χ0v) is 9.50. The average molecular weight is 215 g/mol. The average Bonchev–Trinajstić information content (AvgIpc) is 2.31. The summed E-state index contributed by atoms with van der Waals surface area (Å²) in [5.74, 6) is 0. The molecule has 0 aliphatic rings. The first-order valence-corrected chi connectivity index (χ1v) is 5.80. The summed E-state index contributed by atoms with van der Waals surface area (Å²) >= 11 is 1.57. The summed E-state index contributed by atoms with van der Waals surface area (Å²) in [6.45, 7) is 1.93. The topological polar surface area (TPSA) is 0 Å². The number of hydrogen-bond donors (Lipinski definition) is 0. The number of hydrogen-bond acceptors (Lipinski definition) is 1. The highest BCUT2D eigenvalue weighted by molar-refractivity contribution is 7.99. The third-order valence-electron chi connectivity index (χ3n) is 2.19. The van der Waals surface area contributed by atoms with Crippen molar-refractivity contribution in [2.45, 2.75) is 17.0 Å². The molecular weight excluding hydrogens is 200 g/mol. The molecule has 0 bridgehead atoms. The van der Waals surface area contributed by atoms with Crippen LogP contribution in [0.1, 0.15) is 19.1 Å². The fraction of sp³-hybridized carbons (Fsp3) is 0.143. The molecule has 1 atom stereocenters. The smallest absolute Gasteiger partial charge is 0.0468 e. The molecule has 2 rings (SSSR count). The van der Waals surface area contributed by atoms with Crippen molar-refractivity contribution in [3.05, 3.63) is 66.2 Å². The van der Waals surface area contributed by atoms with Crippen molar-refractivity contribution in [1.82, 2.24) is 0 Å². The van der Waals surface area contributed by atoms with Gasteiger partial charge in [0, 0.05) is 11.5 Å². The Morgan fingerprint density at radius 2 is 1.47 bits per heavy atom. The molecule has 0 radical (unpaired) electrons. The van der Waals surface area contributed by atoms with Crippen LogP contribution in [0.25, 0.3) is 0 Å². The summed E-state index contributed by atoms with van der Waals surface area (Å²) in [6.07, 6.45) is 0. The van der Waals surface area contributed by atoms with Crippen molar-refractivity contribution in [2.75, 3.05) is 0 Å². The molecule has 0 N–H and O–H groups in total. The van der Waals surface area contributed by atoms with Gasteiger partial charge in [-0.15, -0.1) is 11.8 Å². The minimum atomic E-state index is -0.636. The van der Waals surface area contributed by atoms with Crippen molar-refractivity contribution in [3.63, 3.8) is 0 Å². The SMILES string of the molecule is [2H]C(C)(Sc1ccccc1)c1ccccc1. The van der Waals surface area contributed by atoms with Crippen molar-refractivity contribution in [2.24, 2.45) is 0 Å². The maximum Gasteiger partial charge on any atom is 0.0468 e. The Labute approximate surface area is 96.7 Å². The fourth-order valence-electron chi connectivity index (χ4n) is 1.40. The minimum absolute atomic E-state index is 0.636. The van der Waals surface area contributed by atoms with E-state index in [9.17, 15) is 0 Å². The lowest BCUT2D eigenvalue weighted by Crippen LogP contribution is -1.86. The van der Waals surface area contributed by atoms with E-state index in [1.807, 2.05) is 67.6 Å². The molecular formula is C14H14S. The van der Waals surface area contributed by atoms with Crippen molar-refractivity contribution in [1.29, 1.82) is 0 Å². The van der Waals surface area contributed by atoms with Gasteiger partial charge in [-0.05, 0) is 24.6 Å². The number of rotatable bonds is 3. The van der Waals surface area contributed by atoms with E-state index in [1.54, 1.807) is 11.8 Å². The number of thioether (sulfide) groups is 1. The van der Waals surface area contributed by atoms with Gasteiger partial charge >= 0.3 is 0 Å². The highest BCUT2D eigenvalue weighted by Crippen LogP contribution is 2.34. The Kier molecular flexibility index (Phi) is 3.04. The molecule has 0 aliphatic carbocycles. The lowest BCUT2D eigenvalue weighted by molar-refractivity contribution is 1.10. The quantitative estimate of drug-likeness (QED) is 0.677. The molecule has 76 valence electrons. The zero-order valence-electron chi connectivity index (χ0n) is 9.68. The molecule has 0 nitrogen and oxygen atoms in total. The van der Waals surface area contributed by atoms with Crippen LogP contribution in [0.15, 0.2) is 65.6 Å². The van der Waals surface area contributed by atoms with Gasteiger partial charge in [-0.1, -0.05) is 48.5 Å². The molecule has 0 amide bonds. The maximum atomic E-state index is 8.37. The van der Waals surface area contributed by atoms with Crippen molar-refractivity contribution >= 4 is 11.8 Å². The maximum absolute atomic E-state index is 8.37. The van der Waals surface area contributed by atoms with E-state index in [2.05, 4.69) is 0 Å². The molecule has 15 heavy (non-hydrogen) atoms. The first-order valence-electron chi connectivity index (χ1n) is 5.48. The van der Waals surface area contributed by atoms with Crippen LogP contribution in [0.3, 0.4) is 0 Å². The normalized spacial score (nSPS) is 15.4. The van der Waals surface area contributed by atoms with Gasteiger partial charge in [0.25, 0.3) is 0 Å². The van der Waals surface area contributed by atoms with E-state index in [1.165, 1.54) is 0 Å². The summed E-state index contributed by atoms with van der Waals surface area (Å²) in [4.78, 5) is 1.13. The summed E-state index contributed by atoms with van der Waals surface area (Å²) in [5, 5.41) is -0.636. The lowest BCUT2D eigenvalue weighted by atomic mass is 10.2. The van der Waals surface area contributed by atoms with Crippen LogP contribution in [-0.2, 0) is 0 Å². The van der Waals surface area contributed by atoms with Crippen LogP contribution in [0.2, 0.25) is 0 Å². The molecule has 0 aromatic heterocycles. The summed E-state index contributed by atoms with van der Waals surface area (Å²) in [5.41, 5.74) is 1.03. The second-order valence-corrected chi connectivity index (χ2v) is 4.63. The van der Waals surface area contributed by atoms with Crippen LogP contribution in [0.5, 0.6) is 0 Å².